The second-order valence-electron chi connectivity index (χ2n) is 10.2. The first-order chi connectivity index (χ1) is 16.5. The van der Waals surface area contributed by atoms with E-state index in [0.29, 0.717) is 13.1 Å². The molecule has 3 aliphatic rings. The fourth-order valence-corrected chi connectivity index (χ4v) is 6.20. The van der Waals surface area contributed by atoms with Gasteiger partial charge in [-0.25, -0.2) is 4.39 Å². The highest BCUT2D eigenvalue weighted by Gasteiger charge is 2.54. The third-order valence-corrected chi connectivity index (χ3v) is 8.01. The van der Waals surface area contributed by atoms with E-state index in [2.05, 4.69) is 16.0 Å². The summed E-state index contributed by atoms with van der Waals surface area (Å²) in [4.78, 5) is 21.2. The molecule has 7 heteroatoms. The van der Waals surface area contributed by atoms with Gasteiger partial charge in [0, 0.05) is 60.2 Å². The number of aliphatic hydroxyl groups excluding tert-OH is 1. The van der Waals surface area contributed by atoms with E-state index in [1.54, 1.807) is 19.2 Å². The minimum atomic E-state index is -0.371. The molecule has 6 nitrogen and oxygen atoms in total. The normalized spacial score (nSPS) is 21.9. The number of likely N-dealkylation sites (tertiary alicyclic amines) is 1. The van der Waals surface area contributed by atoms with Crippen LogP contribution in [0.4, 0.5) is 4.39 Å². The zero-order valence-corrected chi connectivity index (χ0v) is 19.4. The average molecular weight is 464 g/mol. The summed E-state index contributed by atoms with van der Waals surface area (Å²) in [6.45, 7) is 2.72. The highest BCUT2D eigenvalue weighted by Crippen LogP contribution is 2.49. The standard InChI is InChI=1S/C27H30FN3O3/c1-34-20-8-9-21-22(11-20)29-25-23(13-32)31(26(33)18-5-3-6-18)16-27(24(21)25)14-30(15-27)12-17-4-2-7-19(28)10-17/h2,4,7-11,18,23,29,32H,3,5-6,12-16H2,1H3/t23-/m1/s1. The Kier molecular flexibility index (Phi) is 5.15. The summed E-state index contributed by atoms with van der Waals surface area (Å²) in [6.07, 6.45) is 2.96. The molecule has 1 aromatic heterocycles. The number of hydrogen-bond acceptors (Lipinski definition) is 4. The van der Waals surface area contributed by atoms with E-state index in [1.165, 1.54) is 11.6 Å². The summed E-state index contributed by atoms with van der Waals surface area (Å²) in [5, 5.41) is 11.5. The van der Waals surface area contributed by atoms with Gasteiger partial charge >= 0.3 is 0 Å². The van der Waals surface area contributed by atoms with Crippen molar-refractivity contribution in [1.29, 1.82) is 0 Å². The van der Waals surface area contributed by atoms with E-state index in [1.807, 2.05) is 23.1 Å². The van der Waals surface area contributed by atoms with Crippen molar-refractivity contribution in [1.82, 2.24) is 14.8 Å². The number of aromatic nitrogens is 1. The van der Waals surface area contributed by atoms with E-state index < -0.39 is 0 Å². The molecule has 2 N–H and O–H groups in total. The Balaban J connectivity index is 1.39. The molecule has 0 bridgehead atoms. The number of rotatable bonds is 5. The van der Waals surface area contributed by atoms with Crippen LogP contribution in [0.25, 0.3) is 10.9 Å². The summed E-state index contributed by atoms with van der Waals surface area (Å²) >= 11 is 0. The Hall–Kier alpha value is -2.90. The quantitative estimate of drug-likeness (QED) is 0.605. The molecule has 1 saturated carbocycles. The molecule has 2 fully saturated rings. The number of carbonyl (C=O) groups excluding carboxylic acids is 1. The second kappa shape index (κ2) is 8.10. The van der Waals surface area contributed by atoms with Gasteiger partial charge in [-0.05, 0) is 48.2 Å². The Morgan fingerprint density at radius 3 is 2.71 bits per heavy atom. The monoisotopic (exact) mass is 463 g/mol. The number of amides is 1. The molecule has 0 radical (unpaired) electrons. The maximum absolute atomic E-state index is 13.7. The number of halogens is 1. The minimum absolute atomic E-state index is 0.0700. The fraction of sp³-hybridized carbons (Fsp3) is 0.444. The predicted molar refractivity (Wildman–Crippen MR) is 127 cm³/mol. The lowest BCUT2D eigenvalue weighted by molar-refractivity contribution is -0.146. The number of hydrogen-bond donors (Lipinski definition) is 2. The molecular weight excluding hydrogens is 433 g/mol. The molecule has 2 aromatic carbocycles. The van der Waals surface area contributed by atoms with Crippen molar-refractivity contribution in [3.63, 3.8) is 0 Å². The number of aromatic amines is 1. The summed E-state index contributed by atoms with van der Waals surface area (Å²) in [5.41, 5.74) is 3.84. The maximum atomic E-state index is 13.7. The Labute approximate surface area is 198 Å². The van der Waals surface area contributed by atoms with Gasteiger partial charge in [-0.2, -0.15) is 0 Å². The first-order valence-electron chi connectivity index (χ1n) is 12.1. The average Bonchev–Trinajstić information content (AvgIpc) is 3.15. The number of H-pyrrole nitrogens is 1. The number of carbonyl (C=O) groups is 1. The van der Waals surface area contributed by atoms with Gasteiger partial charge in [-0.15, -0.1) is 0 Å². The summed E-state index contributed by atoms with van der Waals surface area (Å²) in [5.74, 6) is 0.779. The largest absolute Gasteiger partial charge is 0.497 e. The molecule has 6 rings (SSSR count). The van der Waals surface area contributed by atoms with Crippen molar-refractivity contribution in [2.24, 2.45) is 5.92 Å². The van der Waals surface area contributed by atoms with Gasteiger partial charge in [0.05, 0.1) is 19.8 Å². The van der Waals surface area contributed by atoms with Gasteiger partial charge in [0.2, 0.25) is 5.91 Å². The van der Waals surface area contributed by atoms with Crippen LogP contribution in [0.2, 0.25) is 0 Å². The third kappa shape index (κ3) is 3.33. The van der Waals surface area contributed by atoms with Crippen LogP contribution in [0.3, 0.4) is 0 Å². The fourth-order valence-electron chi connectivity index (χ4n) is 6.20. The van der Waals surface area contributed by atoms with Crippen LogP contribution in [0.5, 0.6) is 5.75 Å². The van der Waals surface area contributed by atoms with Crippen LogP contribution < -0.4 is 4.74 Å². The molecular formula is C27H30FN3O3. The topological polar surface area (TPSA) is 68.8 Å². The molecule has 1 amide bonds. The van der Waals surface area contributed by atoms with E-state index >= 15 is 0 Å². The smallest absolute Gasteiger partial charge is 0.226 e. The van der Waals surface area contributed by atoms with Crippen molar-refractivity contribution < 1.29 is 19.0 Å². The molecule has 2 aliphatic heterocycles. The molecule has 1 aliphatic carbocycles. The van der Waals surface area contributed by atoms with Crippen LogP contribution in [0.15, 0.2) is 42.5 Å². The van der Waals surface area contributed by atoms with Gasteiger partial charge in [0.25, 0.3) is 0 Å². The Bertz CT molecular complexity index is 1250. The van der Waals surface area contributed by atoms with Gasteiger partial charge in [0.1, 0.15) is 11.6 Å². The Morgan fingerprint density at radius 2 is 2.03 bits per heavy atom. The van der Waals surface area contributed by atoms with Crippen molar-refractivity contribution in [3.8, 4) is 5.75 Å². The van der Waals surface area contributed by atoms with Gasteiger partial charge in [-0.3, -0.25) is 9.69 Å². The number of nitrogens with zero attached hydrogens (tertiary/aromatic N) is 2. The van der Waals surface area contributed by atoms with Gasteiger partial charge < -0.3 is 19.7 Å². The predicted octanol–water partition coefficient (Wildman–Crippen LogP) is 3.74. The summed E-state index contributed by atoms with van der Waals surface area (Å²) < 4.78 is 19.1. The molecule has 1 spiro atoms. The number of ether oxygens (including phenoxy) is 1. The third-order valence-electron chi connectivity index (χ3n) is 8.01. The van der Waals surface area contributed by atoms with Crippen LogP contribution in [-0.2, 0) is 16.8 Å². The van der Waals surface area contributed by atoms with E-state index in [9.17, 15) is 14.3 Å². The lowest BCUT2D eigenvalue weighted by Crippen LogP contribution is -2.67. The zero-order chi connectivity index (χ0) is 23.4. The first kappa shape index (κ1) is 21.6. The molecule has 0 unspecified atom stereocenters. The van der Waals surface area contributed by atoms with Crippen molar-refractivity contribution >= 4 is 16.8 Å². The molecule has 3 aromatic rings. The van der Waals surface area contributed by atoms with Crippen LogP contribution in [0, 0.1) is 11.7 Å². The number of nitrogens with one attached hydrogen (secondary N) is 1. The lowest BCUT2D eigenvalue weighted by Gasteiger charge is -2.57. The molecule has 1 atom stereocenters. The highest BCUT2D eigenvalue weighted by atomic mass is 19.1. The SMILES string of the molecule is COc1ccc2c3c([nH]c2c1)[C@@H](CO)N(C(=O)C1CCC1)CC31CN(Cc2cccc(F)c2)C1. The molecule has 34 heavy (non-hydrogen) atoms. The summed E-state index contributed by atoms with van der Waals surface area (Å²) in [7, 11) is 1.65. The Morgan fingerprint density at radius 1 is 1.21 bits per heavy atom. The lowest BCUT2D eigenvalue weighted by atomic mass is 9.68. The second-order valence-corrected chi connectivity index (χ2v) is 10.2. The maximum Gasteiger partial charge on any atom is 0.226 e. The summed E-state index contributed by atoms with van der Waals surface area (Å²) in [6, 6.07) is 12.4. The number of methoxy groups -OCH3 is 1. The van der Waals surface area contributed by atoms with Crippen molar-refractivity contribution in [2.75, 3.05) is 33.4 Å². The highest BCUT2D eigenvalue weighted by molar-refractivity contribution is 5.89. The van der Waals surface area contributed by atoms with Crippen molar-refractivity contribution in [2.45, 2.75) is 37.3 Å². The van der Waals surface area contributed by atoms with Crippen molar-refractivity contribution in [3.05, 3.63) is 65.1 Å². The van der Waals surface area contributed by atoms with E-state index in [-0.39, 0.29) is 35.7 Å². The van der Waals surface area contributed by atoms with Crippen LogP contribution in [-0.4, -0.2) is 59.1 Å². The van der Waals surface area contributed by atoms with Gasteiger partial charge in [-0.1, -0.05) is 18.6 Å². The number of fused-ring (bicyclic) bond motifs is 4. The van der Waals surface area contributed by atoms with Crippen LogP contribution in [0.1, 0.15) is 42.1 Å². The van der Waals surface area contributed by atoms with E-state index in [0.717, 1.165) is 60.3 Å². The minimum Gasteiger partial charge on any atom is -0.497 e. The molecule has 3 heterocycles. The van der Waals surface area contributed by atoms with Crippen LogP contribution >= 0.6 is 0 Å². The zero-order valence-electron chi connectivity index (χ0n) is 19.4. The first-order valence-corrected chi connectivity index (χ1v) is 12.1. The number of aliphatic hydroxyl groups is 1. The number of benzene rings is 2. The molecule has 1 saturated heterocycles. The van der Waals surface area contributed by atoms with Gasteiger partial charge in [0.15, 0.2) is 0 Å². The van der Waals surface area contributed by atoms with E-state index in [4.69, 9.17) is 4.74 Å². The molecule has 178 valence electrons.